The molecule has 1 aliphatic rings. The van der Waals surface area contributed by atoms with Crippen molar-refractivity contribution in [1.82, 2.24) is 4.98 Å². The highest BCUT2D eigenvalue weighted by Crippen LogP contribution is 2.35. The monoisotopic (exact) mass is 421 g/mol. The van der Waals surface area contributed by atoms with Gasteiger partial charge in [0, 0.05) is 18.5 Å². The maximum Gasteiger partial charge on any atom is 0.173 e. The first-order valence-corrected chi connectivity index (χ1v) is 10.7. The number of benzene rings is 3. The smallest absolute Gasteiger partial charge is 0.173 e. The van der Waals surface area contributed by atoms with Crippen LogP contribution in [0.15, 0.2) is 103 Å². The van der Waals surface area contributed by atoms with Crippen molar-refractivity contribution in [3.8, 4) is 11.5 Å². The molecule has 0 aliphatic carbocycles. The lowest BCUT2D eigenvalue weighted by Crippen LogP contribution is -2.29. The maximum absolute atomic E-state index is 13.1. The molecule has 0 saturated heterocycles. The second-order valence-electron chi connectivity index (χ2n) is 7.91. The summed E-state index contributed by atoms with van der Waals surface area (Å²) in [5.74, 6) is 1.14. The lowest BCUT2D eigenvalue weighted by Gasteiger charge is -2.26. The second-order valence-corrected chi connectivity index (χ2v) is 7.91. The van der Waals surface area contributed by atoms with Gasteiger partial charge in [-0.3, -0.25) is 9.78 Å². The first-order chi connectivity index (χ1) is 15.8. The van der Waals surface area contributed by atoms with E-state index < -0.39 is 0 Å². The average Bonchev–Trinajstić information content (AvgIpc) is 2.86. The van der Waals surface area contributed by atoms with Gasteiger partial charge in [-0.25, -0.2) is 0 Å². The van der Waals surface area contributed by atoms with Gasteiger partial charge in [0.2, 0.25) is 0 Å². The number of rotatable bonds is 6. The lowest BCUT2D eigenvalue weighted by atomic mass is 9.90. The summed E-state index contributed by atoms with van der Waals surface area (Å²) in [6.45, 7) is 0.352. The van der Waals surface area contributed by atoms with Gasteiger partial charge in [0.15, 0.2) is 5.78 Å². The highest BCUT2D eigenvalue weighted by atomic mass is 16.5. The summed E-state index contributed by atoms with van der Waals surface area (Å²) < 4.78 is 12.4. The van der Waals surface area contributed by atoms with Crippen LogP contribution in [0.3, 0.4) is 0 Å². The SMILES string of the molecule is O=C1c2ccc(OC(c3ccccc3)c3ccccc3)cc2OCC1Cc1cccnc1. The summed E-state index contributed by atoms with van der Waals surface area (Å²) in [5.41, 5.74) is 3.76. The molecule has 32 heavy (non-hydrogen) atoms. The van der Waals surface area contributed by atoms with Gasteiger partial charge in [-0.05, 0) is 41.3 Å². The zero-order valence-electron chi connectivity index (χ0n) is 17.6. The van der Waals surface area contributed by atoms with E-state index in [1.807, 2.05) is 66.7 Å². The van der Waals surface area contributed by atoms with Crippen LogP contribution in [0.5, 0.6) is 11.5 Å². The second kappa shape index (κ2) is 9.06. The molecule has 3 aromatic carbocycles. The molecule has 0 radical (unpaired) electrons. The predicted molar refractivity (Wildman–Crippen MR) is 123 cm³/mol. The predicted octanol–water partition coefficient (Wildman–Crippen LogP) is 5.68. The summed E-state index contributed by atoms with van der Waals surface area (Å²) in [6.07, 6.45) is 3.90. The Kier molecular flexibility index (Phi) is 5.67. The normalized spacial score (nSPS) is 15.2. The molecule has 0 saturated carbocycles. The van der Waals surface area contributed by atoms with E-state index in [1.165, 1.54) is 0 Å². The summed E-state index contributed by atoms with van der Waals surface area (Å²) in [6, 6.07) is 29.6. The van der Waals surface area contributed by atoms with Crippen LogP contribution in [0.4, 0.5) is 0 Å². The summed E-state index contributed by atoms with van der Waals surface area (Å²) >= 11 is 0. The zero-order chi connectivity index (χ0) is 21.8. The molecule has 1 aromatic heterocycles. The third kappa shape index (κ3) is 4.26. The highest BCUT2D eigenvalue weighted by Gasteiger charge is 2.29. The van der Waals surface area contributed by atoms with Crippen LogP contribution in [0.1, 0.15) is 33.2 Å². The molecule has 0 spiro atoms. The minimum atomic E-state index is -0.256. The molecule has 4 nitrogen and oxygen atoms in total. The first kappa shape index (κ1) is 20.0. The van der Waals surface area contributed by atoms with Crippen molar-refractivity contribution >= 4 is 5.78 Å². The quantitative estimate of drug-likeness (QED) is 0.402. The molecular weight excluding hydrogens is 398 g/mol. The topological polar surface area (TPSA) is 48.4 Å². The van der Waals surface area contributed by atoms with Crippen LogP contribution in [0.25, 0.3) is 0 Å². The van der Waals surface area contributed by atoms with Gasteiger partial charge in [0.05, 0.1) is 18.1 Å². The minimum absolute atomic E-state index is 0.101. The van der Waals surface area contributed by atoms with E-state index in [-0.39, 0.29) is 17.8 Å². The molecule has 0 amide bonds. The van der Waals surface area contributed by atoms with Crippen LogP contribution in [0.2, 0.25) is 0 Å². The Balaban J connectivity index is 1.38. The third-order valence-electron chi connectivity index (χ3n) is 5.69. The molecule has 0 N–H and O–H groups in total. The van der Waals surface area contributed by atoms with Crippen molar-refractivity contribution < 1.29 is 14.3 Å². The molecule has 2 heterocycles. The number of pyridine rings is 1. The average molecular weight is 421 g/mol. The number of fused-ring (bicyclic) bond motifs is 1. The zero-order valence-corrected chi connectivity index (χ0v) is 17.6. The Labute approximate surface area is 187 Å². The number of hydrogen-bond acceptors (Lipinski definition) is 4. The fourth-order valence-corrected chi connectivity index (χ4v) is 4.06. The van der Waals surface area contributed by atoms with Crippen molar-refractivity contribution in [3.05, 3.63) is 126 Å². The van der Waals surface area contributed by atoms with Gasteiger partial charge >= 0.3 is 0 Å². The summed E-state index contributed by atoms with van der Waals surface area (Å²) in [5, 5.41) is 0. The van der Waals surface area contributed by atoms with Gasteiger partial charge < -0.3 is 9.47 Å². The molecule has 4 heteroatoms. The first-order valence-electron chi connectivity index (χ1n) is 10.7. The van der Waals surface area contributed by atoms with E-state index in [0.29, 0.717) is 30.1 Å². The molecule has 4 aromatic rings. The van der Waals surface area contributed by atoms with E-state index in [4.69, 9.17) is 9.47 Å². The van der Waals surface area contributed by atoms with Gasteiger partial charge in [0.25, 0.3) is 0 Å². The molecule has 5 rings (SSSR count). The van der Waals surface area contributed by atoms with Crippen LogP contribution in [-0.2, 0) is 6.42 Å². The van der Waals surface area contributed by atoms with Crippen molar-refractivity contribution in [1.29, 1.82) is 0 Å². The lowest BCUT2D eigenvalue weighted by molar-refractivity contribution is 0.0829. The standard InChI is InChI=1S/C28H23NO3/c30-27-23(16-20-8-7-15-29-18-20)19-31-26-17-24(13-14-25(26)27)32-28(21-9-3-1-4-10-21)22-11-5-2-6-12-22/h1-15,17-18,23,28H,16,19H2. The van der Waals surface area contributed by atoms with Crippen molar-refractivity contribution in [3.63, 3.8) is 0 Å². The van der Waals surface area contributed by atoms with Crippen molar-refractivity contribution in [2.45, 2.75) is 12.5 Å². The van der Waals surface area contributed by atoms with Crippen molar-refractivity contribution in [2.75, 3.05) is 6.61 Å². The number of Topliss-reactive ketones (excluding diaryl/α,β-unsaturated/α-hetero) is 1. The van der Waals surface area contributed by atoms with Crippen LogP contribution >= 0.6 is 0 Å². The van der Waals surface area contributed by atoms with Crippen LogP contribution < -0.4 is 9.47 Å². The van der Waals surface area contributed by atoms with E-state index in [1.54, 1.807) is 12.4 Å². The highest BCUT2D eigenvalue weighted by molar-refractivity contribution is 6.01. The van der Waals surface area contributed by atoms with E-state index in [2.05, 4.69) is 29.2 Å². The van der Waals surface area contributed by atoms with Crippen molar-refractivity contribution in [2.24, 2.45) is 5.92 Å². The number of carbonyl (C=O) groups is 1. The largest absolute Gasteiger partial charge is 0.492 e. The van der Waals surface area contributed by atoms with Gasteiger partial charge in [-0.15, -0.1) is 0 Å². The van der Waals surface area contributed by atoms with E-state index in [0.717, 1.165) is 16.7 Å². The fraction of sp³-hybridized carbons (Fsp3) is 0.143. The number of ether oxygens (including phenoxy) is 2. The van der Waals surface area contributed by atoms with E-state index >= 15 is 0 Å². The minimum Gasteiger partial charge on any atom is -0.492 e. The number of hydrogen-bond donors (Lipinski definition) is 0. The number of ketones is 1. The number of carbonyl (C=O) groups excluding carboxylic acids is 1. The molecule has 0 bridgehead atoms. The fourth-order valence-electron chi connectivity index (χ4n) is 4.06. The third-order valence-corrected chi connectivity index (χ3v) is 5.69. The Morgan fingerprint density at radius 3 is 2.28 bits per heavy atom. The van der Waals surface area contributed by atoms with Gasteiger partial charge in [0.1, 0.15) is 17.6 Å². The Morgan fingerprint density at radius 2 is 1.62 bits per heavy atom. The van der Waals surface area contributed by atoms with Gasteiger partial charge in [-0.2, -0.15) is 0 Å². The summed E-state index contributed by atoms with van der Waals surface area (Å²) in [4.78, 5) is 17.2. The van der Waals surface area contributed by atoms with Crippen LogP contribution in [0, 0.1) is 5.92 Å². The molecule has 158 valence electrons. The molecule has 1 atom stereocenters. The van der Waals surface area contributed by atoms with Gasteiger partial charge in [-0.1, -0.05) is 66.7 Å². The molecule has 0 fully saturated rings. The van der Waals surface area contributed by atoms with E-state index in [9.17, 15) is 4.79 Å². The Hall–Kier alpha value is -3.92. The number of aromatic nitrogens is 1. The Morgan fingerprint density at radius 1 is 0.906 bits per heavy atom. The number of nitrogens with zero attached hydrogens (tertiary/aromatic N) is 1. The molecule has 1 unspecified atom stereocenters. The summed E-state index contributed by atoms with van der Waals surface area (Å²) in [7, 11) is 0. The van der Waals surface area contributed by atoms with Crippen LogP contribution in [-0.4, -0.2) is 17.4 Å². The molecule has 1 aliphatic heterocycles. The Bertz CT molecular complexity index is 1150. The molecular formula is C28H23NO3. The maximum atomic E-state index is 13.1.